The number of likely N-dealkylation sites (tertiary alicyclic amines) is 1. The molecule has 2 aromatic rings. The number of carbonyl (C=O) groups is 1. The van der Waals surface area contributed by atoms with Gasteiger partial charge in [-0.2, -0.15) is 0 Å². The van der Waals surface area contributed by atoms with Crippen LogP contribution in [0, 0.1) is 0 Å². The van der Waals surface area contributed by atoms with Crippen molar-refractivity contribution in [3.63, 3.8) is 0 Å². The molecular formula is C15H14BrN3O2. The number of benzene rings is 1. The van der Waals surface area contributed by atoms with E-state index in [1.54, 1.807) is 4.90 Å². The summed E-state index contributed by atoms with van der Waals surface area (Å²) in [6.07, 6.45) is 3.14. The number of amides is 1. The van der Waals surface area contributed by atoms with Crippen molar-refractivity contribution in [3.8, 4) is 0 Å². The second-order valence-electron chi connectivity index (χ2n) is 4.96. The monoisotopic (exact) mass is 347 g/mol. The molecule has 0 bridgehead atoms. The Kier molecular flexibility index (Phi) is 3.88. The molecule has 0 spiro atoms. The zero-order valence-corrected chi connectivity index (χ0v) is 12.8. The van der Waals surface area contributed by atoms with Crippen molar-refractivity contribution in [2.75, 3.05) is 6.54 Å². The zero-order valence-electron chi connectivity index (χ0n) is 11.3. The number of hydrogen-bond donors (Lipinski definition) is 1. The van der Waals surface area contributed by atoms with Crippen LogP contribution in [0.15, 0.2) is 45.9 Å². The minimum atomic E-state index is -0.344. The van der Waals surface area contributed by atoms with Crippen molar-refractivity contribution in [1.82, 2.24) is 14.9 Å². The predicted octanol–water partition coefficient (Wildman–Crippen LogP) is 2.51. The Balaban J connectivity index is 1.94. The average molecular weight is 348 g/mol. The molecule has 0 radical (unpaired) electrons. The fraction of sp³-hybridized carbons (Fsp3) is 0.267. The molecule has 1 amide bonds. The van der Waals surface area contributed by atoms with Gasteiger partial charge >= 0.3 is 0 Å². The van der Waals surface area contributed by atoms with Gasteiger partial charge in [0.2, 0.25) is 0 Å². The Hall–Kier alpha value is -1.95. The summed E-state index contributed by atoms with van der Waals surface area (Å²) in [6, 6.07) is 9.99. The van der Waals surface area contributed by atoms with Crippen LogP contribution >= 0.6 is 15.9 Å². The Morgan fingerprint density at radius 2 is 2.10 bits per heavy atom. The minimum absolute atomic E-state index is 0.0479. The second kappa shape index (κ2) is 5.81. The molecule has 6 heteroatoms. The summed E-state index contributed by atoms with van der Waals surface area (Å²) in [5.74, 6) is -0.209. The number of halogens is 1. The molecule has 1 atom stereocenters. The van der Waals surface area contributed by atoms with Crippen molar-refractivity contribution < 1.29 is 4.79 Å². The molecule has 3 rings (SSSR count). The Bertz CT molecular complexity index is 714. The van der Waals surface area contributed by atoms with Crippen molar-refractivity contribution in [2.24, 2.45) is 0 Å². The topological polar surface area (TPSA) is 66.1 Å². The first kappa shape index (κ1) is 14.0. The van der Waals surface area contributed by atoms with Gasteiger partial charge in [0.15, 0.2) is 0 Å². The largest absolute Gasteiger partial charge is 0.330 e. The molecule has 1 aliphatic rings. The van der Waals surface area contributed by atoms with E-state index in [0.717, 1.165) is 18.4 Å². The first-order chi connectivity index (χ1) is 10.2. The van der Waals surface area contributed by atoms with Crippen molar-refractivity contribution in [2.45, 2.75) is 18.9 Å². The number of H-pyrrole nitrogens is 1. The SMILES string of the molecule is O=C(c1nc[nH]c(=O)c1Br)N1CCCC1c1ccccc1. The molecule has 21 heavy (non-hydrogen) atoms. The lowest BCUT2D eigenvalue weighted by Gasteiger charge is -2.25. The van der Waals surface area contributed by atoms with Gasteiger partial charge in [-0.25, -0.2) is 4.98 Å². The Morgan fingerprint density at radius 3 is 2.86 bits per heavy atom. The maximum Gasteiger partial charge on any atom is 0.274 e. The highest BCUT2D eigenvalue weighted by atomic mass is 79.9. The van der Waals surface area contributed by atoms with E-state index in [-0.39, 0.29) is 27.7 Å². The quantitative estimate of drug-likeness (QED) is 0.907. The average Bonchev–Trinajstić information content (AvgIpc) is 3.00. The fourth-order valence-electron chi connectivity index (χ4n) is 2.70. The van der Waals surface area contributed by atoms with Crippen LogP contribution in [0.5, 0.6) is 0 Å². The van der Waals surface area contributed by atoms with E-state index in [1.807, 2.05) is 30.3 Å². The van der Waals surface area contributed by atoms with E-state index >= 15 is 0 Å². The van der Waals surface area contributed by atoms with Crippen LogP contribution in [-0.4, -0.2) is 27.3 Å². The summed E-state index contributed by atoms with van der Waals surface area (Å²) < 4.78 is 0.189. The van der Waals surface area contributed by atoms with Crippen LogP contribution in [0.1, 0.15) is 34.9 Å². The van der Waals surface area contributed by atoms with Gasteiger partial charge in [-0.05, 0) is 34.3 Å². The van der Waals surface area contributed by atoms with Crippen LogP contribution in [0.3, 0.4) is 0 Å². The number of rotatable bonds is 2. The summed E-state index contributed by atoms with van der Waals surface area (Å²) in [4.78, 5) is 32.5. The predicted molar refractivity (Wildman–Crippen MR) is 82.0 cm³/mol. The first-order valence-corrected chi connectivity index (χ1v) is 7.57. The van der Waals surface area contributed by atoms with E-state index < -0.39 is 0 Å². The number of carbonyl (C=O) groups excluding carboxylic acids is 1. The van der Waals surface area contributed by atoms with Crippen LogP contribution in [0.25, 0.3) is 0 Å². The van der Waals surface area contributed by atoms with Gasteiger partial charge in [0.1, 0.15) is 10.2 Å². The summed E-state index contributed by atoms with van der Waals surface area (Å²) in [7, 11) is 0. The van der Waals surface area contributed by atoms with Gasteiger partial charge in [-0.3, -0.25) is 9.59 Å². The molecule has 1 fully saturated rings. The third kappa shape index (κ3) is 2.63. The number of nitrogens with zero attached hydrogens (tertiary/aromatic N) is 2. The highest BCUT2D eigenvalue weighted by Gasteiger charge is 2.32. The Labute approximate surface area is 130 Å². The van der Waals surface area contributed by atoms with Crippen molar-refractivity contribution >= 4 is 21.8 Å². The van der Waals surface area contributed by atoms with Gasteiger partial charge < -0.3 is 9.88 Å². The maximum atomic E-state index is 12.7. The van der Waals surface area contributed by atoms with Crippen LogP contribution in [0.4, 0.5) is 0 Å². The van der Waals surface area contributed by atoms with Crippen LogP contribution in [0.2, 0.25) is 0 Å². The molecule has 108 valence electrons. The highest BCUT2D eigenvalue weighted by molar-refractivity contribution is 9.10. The lowest BCUT2D eigenvalue weighted by molar-refractivity contribution is 0.0728. The van der Waals surface area contributed by atoms with E-state index in [2.05, 4.69) is 25.9 Å². The van der Waals surface area contributed by atoms with Gasteiger partial charge in [0.05, 0.1) is 12.4 Å². The number of hydrogen-bond acceptors (Lipinski definition) is 3. The molecule has 1 aliphatic heterocycles. The number of aromatic amines is 1. The van der Waals surface area contributed by atoms with Gasteiger partial charge in [-0.15, -0.1) is 0 Å². The third-order valence-electron chi connectivity index (χ3n) is 3.70. The molecule has 1 N–H and O–H groups in total. The lowest BCUT2D eigenvalue weighted by Crippen LogP contribution is -2.32. The molecule has 2 heterocycles. The van der Waals surface area contributed by atoms with Gasteiger partial charge in [-0.1, -0.05) is 30.3 Å². The normalized spacial score (nSPS) is 18.0. The summed E-state index contributed by atoms with van der Waals surface area (Å²) in [6.45, 7) is 0.680. The summed E-state index contributed by atoms with van der Waals surface area (Å²) in [5, 5.41) is 0. The molecule has 5 nitrogen and oxygen atoms in total. The second-order valence-corrected chi connectivity index (χ2v) is 5.75. The van der Waals surface area contributed by atoms with E-state index in [9.17, 15) is 9.59 Å². The fourth-order valence-corrected chi connectivity index (χ4v) is 3.09. The molecule has 1 aromatic heterocycles. The molecule has 1 unspecified atom stereocenters. The van der Waals surface area contributed by atoms with Crippen LogP contribution in [-0.2, 0) is 0 Å². The molecule has 0 aliphatic carbocycles. The zero-order chi connectivity index (χ0) is 14.8. The third-order valence-corrected chi connectivity index (χ3v) is 4.43. The van der Waals surface area contributed by atoms with Gasteiger partial charge in [0, 0.05) is 6.54 Å². The molecule has 1 aromatic carbocycles. The smallest absolute Gasteiger partial charge is 0.274 e. The van der Waals surface area contributed by atoms with E-state index in [1.165, 1.54) is 6.33 Å². The molecular weight excluding hydrogens is 334 g/mol. The minimum Gasteiger partial charge on any atom is -0.330 e. The summed E-state index contributed by atoms with van der Waals surface area (Å²) >= 11 is 3.15. The molecule has 1 saturated heterocycles. The van der Waals surface area contributed by atoms with Gasteiger partial charge in [0.25, 0.3) is 11.5 Å². The number of aromatic nitrogens is 2. The van der Waals surface area contributed by atoms with Crippen molar-refractivity contribution in [1.29, 1.82) is 0 Å². The van der Waals surface area contributed by atoms with E-state index in [4.69, 9.17) is 0 Å². The van der Waals surface area contributed by atoms with Crippen LogP contribution < -0.4 is 5.56 Å². The van der Waals surface area contributed by atoms with E-state index in [0.29, 0.717) is 6.54 Å². The molecule has 0 saturated carbocycles. The summed E-state index contributed by atoms with van der Waals surface area (Å²) in [5.41, 5.74) is 0.940. The first-order valence-electron chi connectivity index (χ1n) is 6.77. The standard InChI is InChI=1S/C15H14BrN3O2/c16-12-13(17-9-18-14(12)20)15(21)19-8-4-7-11(19)10-5-2-1-3-6-10/h1-3,5-6,9,11H,4,7-8H2,(H,17,18,20). The number of nitrogens with one attached hydrogen (secondary N) is 1. The van der Waals surface area contributed by atoms with Crippen molar-refractivity contribution in [3.05, 3.63) is 62.7 Å². The Morgan fingerprint density at radius 1 is 1.33 bits per heavy atom. The highest BCUT2D eigenvalue weighted by Crippen LogP contribution is 2.33. The lowest BCUT2D eigenvalue weighted by atomic mass is 10.0. The maximum absolute atomic E-state index is 12.7.